The first-order valence-corrected chi connectivity index (χ1v) is 8.56. The maximum atomic E-state index is 11.7. The Morgan fingerprint density at radius 1 is 1.26 bits per heavy atom. The fraction of sp³-hybridized carbons (Fsp3) is 0.917. The van der Waals surface area contributed by atoms with Crippen molar-refractivity contribution in [1.82, 2.24) is 9.80 Å². The molecule has 6 nitrogen and oxygen atoms in total. The Labute approximate surface area is 114 Å². The first-order chi connectivity index (χ1) is 8.87. The van der Waals surface area contributed by atoms with Crippen molar-refractivity contribution in [2.24, 2.45) is 0 Å². The van der Waals surface area contributed by atoms with Crippen LogP contribution in [0.5, 0.6) is 0 Å². The summed E-state index contributed by atoms with van der Waals surface area (Å²) in [5, 5.41) is 8.96. The molecule has 2 aliphatic heterocycles. The molecule has 110 valence electrons. The van der Waals surface area contributed by atoms with E-state index in [1.165, 1.54) is 0 Å². The normalized spacial score (nSPS) is 30.3. The average Bonchev–Trinajstić information content (AvgIpc) is 2.29. The third kappa shape index (κ3) is 3.90. The molecule has 1 atom stereocenters. The minimum absolute atomic E-state index is 0.00829. The SMILES string of the molecule is CN1CCC(N2CCS(=O)(=O)CC2CC(=O)O)CC1. The van der Waals surface area contributed by atoms with E-state index in [1.807, 2.05) is 0 Å². The van der Waals surface area contributed by atoms with Crippen LogP contribution in [0.25, 0.3) is 0 Å². The maximum Gasteiger partial charge on any atom is 0.304 e. The predicted octanol–water partition coefficient (Wildman–Crippen LogP) is -0.346. The van der Waals surface area contributed by atoms with E-state index in [9.17, 15) is 13.2 Å². The minimum atomic E-state index is -3.08. The van der Waals surface area contributed by atoms with Gasteiger partial charge in [0.2, 0.25) is 0 Å². The lowest BCUT2D eigenvalue weighted by Crippen LogP contribution is -2.55. The van der Waals surface area contributed by atoms with Crippen LogP contribution in [-0.2, 0) is 14.6 Å². The molecule has 2 rings (SSSR count). The van der Waals surface area contributed by atoms with Gasteiger partial charge in [0.05, 0.1) is 17.9 Å². The zero-order chi connectivity index (χ0) is 14.0. The van der Waals surface area contributed by atoms with Crippen molar-refractivity contribution >= 4 is 15.8 Å². The Bertz CT molecular complexity index is 429. The van der Waals surface area contributed by atoms with Crippen LogP contribution in [0, 0.1) is 0 Å². The lowest BCUT2D eigenvalue weighted by Gasteiger charge is -2.43. The number of carboxylic acids is 1. The lowest BCUT2D eigenvalue weighted by atomic mass is 10.0. The molecule has 2 aliphatic rings. The molecule has 2 saturated heterocycles. The molecular formula is C12H22N2O4S. The molecule has 2 fully saturated rings. The molecular weight excluding hydrogens is 268 g/mol. The minimum Gasteiger partial charge on any atom is -0.481 e. The monoisotopic (exact) mass is 290 g/mol. The first-order valence-electron chi connectivity index (χ1n) is 6.74. The predicted molar refractivity (Wildman–Crippen MR) is 71.9 cm³/mol. The fourth-order valence-electron chi connectivity index (χ4n) is 3.08. The summed E-state index contributed by atoms with van der Waals surface area (Å²) in [6.45, 7) is 2.47. The van der Waals surface area contributed by atoms with E-state index in [-0.39, 0.29) is 24.0 Å². The number of carbonyl (C=O) groups is 1. The van der Waals surface area contributed by atoms with Crippen LogP contribution in [0.4, 0.5) is 0 Å². The van der Waals surface area contributed by atoms with E-state index < -0.39 is 15.8 Å². The largest absolute Gasteiger partial charge is 0.481 e. The molecule has 0 saturated carbocycles. The second-order valence-corrected chi connectivity index (χ2v) is 7.87. The Morgan fingerprint density at radius 3 is 2.47 bits per heavy atom. The van der Waals surface area contributed by atoms with Gasteiger partial charge in [0.25, 0.3) is 0 Å². The van der Waals surface area contributed by atoms with Gasteiger partial charge in [-0.1, -0.05) is 0 Å². The highest BCUT2D eigenvalue weighted by Crippen LogP contribution is 2.23. The van der Waals surface area contributed by atoms with Crippen molar-refractivity contribution in [1.29, 1.82) is 0 Å². The highest BCUT2D eigenvalue weighted by atomic mass is 32.2. The van der Waals surface area contributed by atoms with Crippen LogP contribution in [-0.4, -0.2) is 79.6 Å². The summed E-state index contributed by atoms with van der Waals surface area (Å²) in [4.78, 5) is 15.3. The van der Waals surface area contributed by atoms with Gasteiger partial charge in [-0.3, -0.25) is 9.69 Å². The van der Waals surface area contributed by atoms with Crippen LogP contribution in [0.15, 0.2) is 0 Å². The van der Waals surface area contributed by atoms with Gasteiger partial charge in [0, 0.05) is 18.6 Å². The highest BCUT2D eigenvalue weighted by molar-refractivity contribution is 7.91. The summed E-state index contributed by atoms with van der Waals surface area (Å²) >= 11 is 0. The number of hydrogen-bond acceptors (Lipinski definition) is 5. The smallest absolute Gasteiger partial charge is 0.304 e. The highest BCUT2D eigenvalue weighted by Gasteiger charge is 2.37. The van der Waals surface area contributed by atoms with Gasteiger partial charge in [0.1, 0.15) is 0 Å². The third-order valence-corrected chi connectivity index (χ3v) is 5.84. The average molecular weight is 290 g/mol. The third-order valence-electron chi connectivity index (χ3n) is 4.14. The molecule has 2 heterocycles. The molecule has 0 aromatic rings. The van der Waals surface area contributed by atoms with Gasteiger partial charge in [-0.2, -0.15) is 0 Å². The van der Waals surface area contributed by atoms with Gasteiger partial charge in [0.15, 0.2) is 9.84 Å². The van der Waals surface area contributed by atoms with Crippen molar-refractivity contribution in [2.75, 3.05) is 38.2 Å². The molecule has 0 amide bonds. The summed E-state index contributed by atoms with van der Waals surface area (Å²) in [6.07, 6.45) is 1.91. The van der Waals surface area contributed by atoms with Gasteiger partial charge >= 0.3 is 5.97 Å². The Balaban J connectivity index is 2.06. The van der Waals surface area contributed by atoms with Gasteiger partial charge in [-0.05, 0) is 33.0 Å². The van der Waals surface area contributed by atoms with Gasteiger partial charge < -0.3 is 10.0 Å². The Kier molecular flexibility index (Phi) is 4.47. The summed E-state index contributed by atoms with van der Waals surface area (Å²) < 4.78 is 23.4. The zero-order valence-electron chi connectivity index (χ0n) is 11.3. The van der Waals surface area contributed by atoms with E-state index in [2.05, 4.69) is 16.8 Å². The van der Waals surface area contributed by atoms with E-state index >= 15 is 0 Å². The number of carboxylic acid groups (broad SMARTS) is 1. The van der Waals surface area contributed by atoms with E-state index in [4.69, 9.17) is 5.11 Å². The summed E-state index contributed by atoms with van der Waals surface area (Å²) in [5.74, 6) is -0.763. The summed E-state index contributed by atoms with van der Waals surface area (Å²) in [7, 11) is -1.00. The number of piperidine rings is 1. The maximum absolute atomic E-state index is 11.7. The lowest BCUT2D eigenvalue weighted by molar-refractivity contribution is -0.138. The second kappa shape index (κ2) is 5.76. The van der Waals surface area contributed by atoms with Gasteiger partial charge in [-0.15, -0.1) is 0 Å². The van der Waals surface area contributed by atoms with E-state index in [0.717, 1.165) is 25.9 Å². The summed E-state index contributed by atoms with van der Waals surface area (Å²) in [6, 6.07) is -0.0271. The molecule has 0 bridgehead atoms. The molecule has 0 aliphatic carbocycles. The molecule has 19 heavy (non-hydrogen) atoms. The molecule has 1 unspecified atom stereocenters. The first kappa shape index (κ1) is 14.7. The van der Waals surface area contributed by atoms with E-state index in [0.29, 0.717) is 12.6 Å². The number of aliphatic carboxylic acids is 1. The van der Waals surface area contributed by atoms with Crippen LogP contribution >= 0.6 is 0 Å². The molecule has 0 aromatic carbocycles. The number of sulfone groups is 1. The molecule has 0 radical (unpaired) electrons. The standard InChI is InChI=1S/C12H22N2O4S/c1-13-4-2-10(3-5-13)14-6-7-19(17,18)9-11(14)8-12(15)16/h10-11H,2-9H2,1H3,(H,15,16). The number of hydrogen-bond donors (Lipinski definition) is 1. The zero-order valence-corrected chi connectivity index (χ0v) is 12.1. The van der Waals surface area contributed by atoms with Crippen LogP contribution in [0.1, 0.15) is 19.3 Å². The molecule has 1 N–H and O–H groups in total. The van der Waals surface area contributed by atoms with Crippen LogP contribution < -0.4 is 0 Å². The quantitative estimate of drug-likeness (QED) is 0.766. The topological polar surface area (TPSA) is 77.9 Å². The molecule has 0 spiro atoms. The number of nitrogens with zero attached hydrogens (tertiary/aromatic N) is 2. The Morgan fingerprint density at radius 2 is 1.89 bits per heavy atom. The van der Waals surface area contributed by atoms with Crippen LogP contribution in [0.2, 0.25) is 0 Å². The fourth-order valence-corrected chi connectivity index (χ4v) is 4.64. The number of rotatable bonds is 3. The van der Waals surface area contributed by atoms with E-state index in [1.54, 1.807) is 0 Å². The summed E-state index contributed by atoms with van der Waals surface area (Å²) in [5.41, 5.74) is 0. The van der Waals surface area contributed by atoms with Crippen molar-refractivity contribution in [3.05, 3.63) is 0 Å². The Hall–Kier alpha value is -0.660. The van der Waals surface area contributed by atoms with Gasteiger partial charge in [-0.25, -0.2) is 8.42 Å². The van der Waals surface area contributed by atoms with Crippen molar-refractivity contribution in [2.45, 2.75) is 31.3 Å². The number of likely N-dealkylation sites (tertiary alicyclic amines) is 1. The molecule has 0 aromatic heterocycles. The van der Waals surface area contributed by atoms with Crippen molar-refractivity contribution in [3.8, 4) is 0 Å². The molecule has 7 heteroatoms. The van der Waals surface area contributed by atoms with Crippen molar-refractivity contribution in [3.63, 3.8) is 0 Å². The second-order valence-electron chi connectivity index (χ2n) is 5.64. The van der Waals surface area contributed by atoms with Crippen LogP contribution in [0.3, 0.4) is 0 Å². The van der Waals surface area contributed by atoms with Crippen molar-refractivity contribution < 1.29 is 18.3 Å².